The highest BCUT2D eigenvalue weighted by Crippen LogP contribution is 2.29. The maximum Gasteiger partial charge on any atom is 0.274 e. The molecule has 0 spiro atoms. The summed E-state index contributed by atoms with van der Waals surface area (Å²) in [5.41, 5.74) is -0.0191. The summed E-state index contributed by atoms with van der Waals surface area (Å²) < 4.78 is 15.4. The molecule has 3 heterocycles. The van der Waals surface area contributed by atoms with E-state index in [9.17, 15) is 14.3 Å². The minimum atomic E-state index is -0.519. The van der Waals surface area contributed by atoms with Crippen LogP contribution in [0.3, 0.4) is 0 Å². The number of aliphatic hydroxyl groups is 1. The highest BCUT2D eigenvalue weighted by atomic mass is 79.9. The molecule has 0 aliphatic carbocycles. The molecule has 3 rings (SSSR count). The van der Waals surface area contributed by atoms with Gasteiger partial charge in [-0.3, -0.25) is 9.20 Å². The second-order valence-electron chi connectivity index (χ2n) is 5.28. The third kappa shape index (κ3) is 2.68. The Morgan fingerprint density at radius 2 is 2.18 bits per heavy atom. The van der Waals surface area contributed by atoms with Crippen LogP contribution in [0.15, 0.2) is 26.0 Å². The van der Waals surface area contributed by atoms with Crippen LogP contribution in [0.2, 0.25) is 0 Å². The van der Waals surface area contributed by atoms with Crippen molar-refractivity contribution in [1.29, 1.82) is 0 Å². The van der Waals surface area contributed by atoms with E-state index in [-0.39, 0.29) is 22.7 Å². The lowest BCUT2D eigenvalue weighted by atomic mass is 10.0. The van der Waals surface area contributed by atoms with E-state index in [1.54, 1.807) is 0 Å². The van der Waals surface area contributed by atoms with Gasteiger partial charge in [0.15, 0.2) is 11.5 Å². The molecule has 22 heavy (non-hydrogen) atoms. The predicted octanol–water partition coefficient (Wildman–Crippen LogP) is 2.71. The van der Waals surface area contributed by atoms with E-state index in [1.165, 1.54) is 10.5 Å². The molecule has 2 aromatic rings. The SMILES string of the molecule is O=c1c(Br)c(N2CCCCC2CO)nc2c(Br)cc(F)cn12. The van der Waals surface area contributed by atoms with Crippen LogP contribution in [0, 0.1) is 5.82 Å². The van der Waals surface area contributed by atoms with Crippen LogP contribution in [0.1, 0.15) is 19.3 Å². The highest BCUT2D eigenvalue weighted by Gasteiger charge is 2.26. The van der Waals surface area contributed by atoms with E-state index in [2.05, 4.69) is 36.8 Å². The third-order valence-electron chi connectivity index (χ3n) is 3.88. The molecule has 1 aliphatic heterocycles. The standard InChI is InChI=1S/C14H14Br2FN3O2/c15-10-5-8(17)6-20-12(10)18-13(11(16)14(20)22)19-4-2-1-3-9(19)7-21/h5-6,9,21H,1-4,7H2. The molecule has 0 saturated carbocycles. The number of aromatic nitrogens is 2. The van der Waals surface area contributed by atoms with E-state index in [0.717, 1.165) is 32.0 Å². The molecule has 0 bridgehead atoms. The highest BCUT2D eigenvalue weighted by molar-refractivity contribution is 9.11. The van der Waals surface area contributed by atoms with Crippen LogP contribution >= 0.6 is 31.9 Å². The summed E-state index contributed by atoms with van der Waals surface area (Å²) in [6.45, 7) is 0.739. The summed E-state index contributed by atoms with van der Waals surface area (Å²) in [5, 5.41) is 9.56. The van der Waals surface area contributed by atoms with Crippen molar-refractivity contribution in [3.63, 3.8) is 0 Å². The smallest absolute Gasteiger partial charge is 0.274 e. The molecular weight excluding hydrogens is 421 g/mol. The normalized spacial score (nSPS) is 18.9. The van der Waals surface area contributed by atoms with Crippen molar-refractivity contribution in [1.82, 2.24) is 9.38 Å². The van der Waals surface area contributed by atoms with E-state index >= 15 is 0 Å². The van der Waals surface area contributed by atoms with Crippen molar-refractivity contribution in [3.05, 3.63) is 37.4 Å². The Kier molecular flexibility index (Phi) is 4.52. The lowest BCUT2D eigenvalue weighted by Gasteiger charge is -2.36. The van der Waals surface area contributed by atoms with Gasteiger partial charge in [0.05, 0.1) is 17.1 Å². The topological polar surface area (TPSA) is 57.8 Å². The Bertz CT molecular complexity index is 781. The first kappa shape index (κ1) is 15.9. The van der Waals surface area contributed by atoms with Gasteiger partial charge < -0.3 is 10.0 Å². The van der Waals surface area contributed by atoms with Gasteiger partial charge in [-0.25, -0.2) is 9.37 Å². The summed E-state index contributed by atoms with van der Waals surface area (Å²) in [4.78, 5) is 19.0. The quantitative estimate of drug-likeness (QED) is 0.789. The van der Waals surface area contributed by atoms with Crippen LogP contribution in [0.4, 0.5) is 10.2 Å². The predicted molar refractivity (Wildman–Crippen MR) is 88.9 cm³/mol. The molecule has 5 nitrogen and oxygen atoms in total. The zero-order chi connectivity index (χ0) is 15.9. The van der Waals surface area contributed by atoms with Gasteiger partial charge in [0, 0.05) is 12.7 Å². The van der Waals surface area contributed by atoms with Gasteiger partial charge in [-0.2, -0.15) is 0 Å². The largest absolute Gasteiger partial charge is 0.394 e. The van der Waals surface area contributed by atoms with Crippen LogP contribution in [-0.2, 0) is 0 Å². The number of hydrogen-bond acceptors (Lipinski definition) is 4. The molecule has 118 valence electrons. The molecule has 1 atom stereocenters. The summed E-state index contributed by atoms with van der Waals surface area (Å²) >= 11 is 6.54. The van der Waals surface area contributed by atoms with Crippen molar-refractivity contribution in [2.24, 2.45) is 0 Å². The van der Waals surface area contributed by atoms with Crippen LogP contribution in [0.25, 0.3) is 5.65 Å². The van der Waals surface area contributed by atoms with Gasteiger partial charge in [-0.05, 0) is 57.2 Å². The Morgan fingerprint density at radius 3 is 2.91 bits per heavy atom. The van der Waals surface area contributed by atoms with Gasteiger partial charge in [-0.1, -0.05) is 0 Å². The summed E-state index contributed by atoms with van der Waals surface area (Å²) in [6.07, 6.45) is 3.99. The maximum atomic E-state index is 13.5. The van der Waals surface area contributed by atoms with Crippen LogP contribution < -0.4 is 10.5 Å². The Balaban J connectivity index is 2.22. The van der Waals surface area contributed by atoms with Gasteiger partial charge >= 0.3 is 0 Å². The van der Waals surface area contributed by atoms with Crippen molar-refractivity contribution < 1.29 is 9.50 Å². The summed E-state index contributed by atoms with van der Waals surface area (Å²) in [7, 11) is 0. The lowest BCUT2D eigenvalue weighted by molar-refractivity contribution is 0.239. The van der Waals surface area contributed by atoms with Crippen LogP contribution in [-0.4, -0.2) is 33.7 Å². The Hall–Kier alpha value is -0.990. The Labute approximate surface area is 143 Å². The molecule has 2 aromatic heterocycles. The van der Waals surface area contributed by atoms with Crippen molar-refractivity contribution in [3.8, 4) is 0 Å². The Morgan fingerprint density at radius 1 is 1.41 bits per heavy atom. The molecule has 1 N–H and O–H groups in total. The number of hydrogen-bond donors (Lipinski definition) is 1. The molecule has 1 fully saturated rings. The third-order valence-corrected chi connectivity index (χ3v) is 5.16. The average Bonchev–Trinajstić information content (AvgIpc) is 2.51. The fourth-order valence-electron chi connectivity index (χ4n) is 2.79. The number of fused-ring (bicyclic) bond motifs is 1. The number of aliphatic hydroxyl groups excluding tert-OH is 1. The average molecular weight is 435 g/mol. The number of rotatable bonds is 2. The van der Waals surface area contributed by atoms with Crippen molar-refractivity contribution in [2.45, 2.75) is 25.3 Å². The number of piperidine rings is 1. The molecule has 1 unspecified atom stereocenters. The van der Waals surface area contributed by atoms with E-state index < -0.39 is 5.82 Å². The van der Waals surface area contributed by atoms with E-state index in [1.807, 2.05) is 4.90 Å². The van der Waals surface area contributed by atoms with E-state index in [4.69, 9.17) is 0 Å². The first-order chi connectivity index (χ1) is 10.5. The second-order valence-corrected chi connectivity index (χ2v) is 6.93. The van der Waals surface area contributed by atoms with Gasteiger partial charge in [0.25, 0.3) is 5.56 Å². The summed E-state index contributed by atoms with van der Waals surface area (Å²) in [6, 6.07) is 1.22. The first-order valence-electron chi connectivity index (χ1n) is 6.97. The molecule has 0 radical (unpaired) electrons. The monoisotopic (exact) mass is 433 g/mol. The minimum Gasteiger partial charge on any atom is -0.394 e. The number of anilines is 1. The van der Waals surface area contributed by atoms with E-state index in [0.29, 0.717) is 15.9 Å². The van der Waals surface area contributed by atoms with Gasteiger partial charge in [0.1, 0.15) is 10.3 Å². The fourth-order valence-corrected chi connectivity index (χ4v) is 3.80. The zero-order valence-electron chi connectivity index (χ0n) is 11.6. The maximum absolute atomic E-state index is 13.5. The summed E-state index contributed by atoms with van der Waals surface area (Å²) in [5.74, 6) is -0.0230. The molecule has 1 saturated heterocycles. The minimum absolute atomic E-state index is 0.0120. The molecule has 0 aromatic carbocycles. The second kappa shape index (κ2) is 6.25. The number of pyridine rings is 1. The molecule has 0 amide bonds. The van der Waals surface area contributed by atoms with Crippen molar-refractivity contribution >= 4 is 43.3 Å². The van der Waals surface area contributed by atoms with Gasteiger partial charge in [-0.15, -0.1) is 0 Å². The van der Waals surface area contributed by atoms with Crippen LogP contribution in [0.5, 0.6) is 0 Å². The van der Waals surface area contributed by atoms with Gasteiger partial charge in [0.2, 0.25) is 0 Å². The number of halogens is 3. The molecular formula is C14H14Br2FN3O2. The lowest BCUT2D eigenvalue weighted by Crippen LogP contribution is -2.43. The molecule has 1 aliphatic rings. The fraction of sp³-hybridized carbons (Fsp3) is 0.429. The number of nitrogens with zero attached hydrogens (tertiary/aromatic N) is 3. The first-order valence-corrected chi connectivity index (χ1v) is 8.56. The van der Waals surface area contributed by atoms with Crippen molar-refractivity contribution in [2.75, 3.05) is 18.1 Å². The zero-order valence-corrected chi connectivity index (χ0v) is 14.8. The molecule has 8 heteroatoms.